The van der Waals surface area contributed by atoms with E-state index in [2.05, 4.69) is 165 Å². The molecule has 0 spiro atoms. The van der Waals surface area contributed by atoms with Crippen LogP contribution in [0.25, 0.3) is 0 Å². The molecule has 56 heavy (non-hydrogen) atoms. The summed E-state index contributed by atoms with van der Waals surface area (Å²) < 4.78 is 0. The monoisotopic (exact) mass is 780 g/mol. The van der Waals surface area contributed by atoms with Crippen LogP contribution in [0.1, 0.15) is 82.1 Å². The molecule has 0 aromatic heterocycles. The lowest BCUT2D eigenvalue weighted by molar-refractivity contribution is -0.116. The van der Waals surface area contributed by atoms with Crippen molar-refractivity contribution in [3.05, 3.63) is 190 Å². The third kappa shape index (κ3) is 13.1. The van der Waals surface area contributed by atoms with Crippen LogP contribution in [0.2, 0.25) is 0 Å². The molecule has 0 fully saturated rings. The number of thioether (sulfide) groups is 2. The zero-order chi connectivity index (χ0) is 40.9. The summed E-state index contributed by atoms with van der Waals surface area (Å²) in [5.41, 5.74) is 8.40. The SMILES string of the molecule is CC(C=CC=C(C)C=CC1=C(C)C(=O)C(Sc2ccccc2)CC1(C)C)=CC=CC=C(C)C=CC=C(C)C=CC1=C(C)C(=O)C(Sc2ccccc2)CC1(C)C. The Morgan fingerprint density at radius 1 is 0.518 bits per heavy atom. The second-order valence-electron chi connectivity index (χ2n) is 16.2. The van der Waals surface area contributed by atoms with Gasteiger partial charge in [-0.05, 0) is 112 Å². The fourth-order valence-corrected chi connectivity index (χ4v) is 9.94. The molecule has 2 unspecified atom stereocenters. The van der Waals surface area contributed by atoms with Crippen molar-refractivity contribution in [2.75, 3.05) is 0 Å². The maximum Gasteiger partial charge on any atom is 0.172 e. The molecule has 2 nitrogen and oxygen atoms in total. The van der Waals surface area contributed by atoms with Gasteiger partial charge in [0.15, 0.2) is 11.6 Å². The van der Waals surface area contributed by atoms with E-state index in [1.54, 1.807) is 23.5 Å². The summed E-state index contributed by atoms with van der Waals surface area (Å²) in [6.07, 6.45) is 31.0. The van der Waals surface area contributed by atoms with Crippen molar-refractivity contribution >= 4 is 35.1 Å². The molecular formula is C52H60O2S2. The fourth-order valence-electron chi connectivity index (χ4n) is 7.08. The molecular weight excluding hydrogens is 721 g/mol. The van der Waals surface area contributed by atoms with E-state index in [0.29, 0.717) is 0 Å². The minimum absolute atomic E-state index is 0.0555. The van der Waals surface area contributed by atoms with Crippen molar-refractivity contribution in [3.63, 3.8) is 0 Å². The van der Waals surface area contributed by atoms with Crippen molar-refractivity contribution < 1.29 is 9.59 Å². The van der Waals surface area contributed by atoms with Gasteiger partial charge in [0.25, 0.3) is 0 Å². The van der Waals surface area contributed by atoms with Crippen LogP contribution in [-0.2, 0) is 9.59 Å². The number of ketones is 2. The van der Waals surface area contributed by atoms with E-state index in [0.717, 1.165) is 67.2 Å². The number of hydrogen-bond donors (Lipinski definition) is 0. The molecule has 2 aliphatic rings. The summed E-state index contributed by atoms with van der Waals surface area (Å²) >= 11 is 3.36. The number of Topliss-reactive ketones (excluding diaryl/α,β-unsaturated/α-hetero) is 2. The molecule has 0 saturated carbocycles. The highest BCUT2D eigenvalue weighted by molar-refractivity contribution is 8.01. The van der Waals surface area contributed by atoms with Crippen molar-refractivity contribution in [2.24, 2.45) is 10.8 Å². The Morgan fingerprint density at radius 3 is 1.20 bits per heavy atom. The molecule has 2 atom stereocenters. The van der Waals surface area contributed by atoms with Gasteiger partial charge in [-0.1, -0.05) is 171 Å². The van der Waals surface area contributed by atoms with Gasteiger partial charge in [0, 0.05) is 9.79 Å². The zero-order valence-corrected chi connectivity index (χ0v) is 36.7. The van der Waals surface area contributed by atoms with Gasteiger partial charge in [-0.15, -0.1) is 23.5 Å². The van der Waals surface area contributed by atoms with Crippen LogP contribution in [-0.4, -0.2) is 22.1 Å². The lowest BCUT2D eigenvalue weighted by atomic mass is 9.72. The van der Waals surface area contributed by atoms with Crippen LogP contribution in [0.5, 0.6) is 0 Å². The molecule has 0 saturated heterocycles. The summed E-state index contributed by atoms with van der Waals surface area (Å²) in [4.78, 5) is 28.9. The topological polar surface area (TPSA) is 34.1 Å². The van der Waals surface area contributed by atoms with Crippen LogP contribution in [0.3, 0.4) is 0 Å². The van der Waals surface area contributed by atoms with Crippen molar-refractivity contribution in [1.29, 1.82) is 0 Å². The number of allylic oxidation sites excluding steroid dienone is 22. The van der Waals surface area contributed by atoms with Gasteiger partial charge in [-0.2, -0.15) is 0 Å². The summed E-state index contributed by atoms with van der Waals surface area (Å²) in [6, 6.07) is 20.4. The molecule has 2 aliphatic carbocycles. The highest BCUT2D eigenvalue weighted by Gasteiger charge is 2.39. The summed E-state index contributed by atoms with van der Waals surface area (Å²) in [7, 11) is 0. The molecule has 4 heteroatoms. The highest BCUT2D eigenvalue weighted by atomic mass is 32.2. The number of benzene rings is 2. The fraction of sp³-hybridized carbons (Fsp3) is 0.308. The predicted octanol–water partition coefficient (Wildman–Crippen LogP) is 14.5. The van der Waals surface area contributed by atoms with Crippen molar-refractivity contribution in [1.82, 2.24) is 0 Å². The summed E-state index contributed by atoms with van der Waals surface area (Å²) in [5.74, 6) is 0.481. The van der Waals surface area contributed by atoms with E-state index in [9.17, 15) is 9.59 Å². The molecule has 0 heterocycles. The first-order valence-corrected chi connectivity index (χ1v) is 21.4. The van der Waals surface area contributed by atoms with Crippen molar-refractivity contribution in [3.8, 4) is 0 Å². The molecule has 2 aromatic carbocycles. The van der Waals surface area contributed by atoms with Gasteiger partial charge >= 0.3 is 0 Å². The molecule has 0 radical (unpaired) electrons. The minimum Gasteiger partial charge on any atom is -0.293 e. The molecule has 0 bridgehead atoms. The Morgan fingerprint density at radius 2 is 0.839 bits per heavy atom. The smallest absolute Gasteiger partial charge is 0.172 e. The lowest BCUT2D eigenvalue weighted by Gasteiger charge is -2.36. The normalized spacial score (nSPS) is 21.7. The van der Waals surface area contributed by atoms with Crippen LogP contribution in [0, 0.1) is 10.8 Å². The van der Waals surface area contributed by atoms with Gasteiger partial charge in [-0.25, -0.2) is 0 Å². The highest BCUT2D eigenvalue weighted by Crippen LogP contribution is 2.46. The van der Waals surface area contributed by atoms with E-state index >= 15 is 0 Å². The summed E-state index contributed by atoms with van der Waals surface area (Å²) in [6.45, 7) is 21.3. The van der Waals surface area contributed by atoms with Gasteiger partial charge in [0.2, 0.25) is 0 Å². The number of rotatable bonds is 14. The van der Waals surface area contributed by atoms with Crippen LogP contribution in [0.15, 0.2) is 200 Å². The van der Waals surface area contributed by atoms with E-state index in [1.165, 1.54) is 0 Å². The third-order valence-electron chi connectivity index (χ3n) is 10.3. The van der Waals surface area contributed by atoms with E-state index in [1.807, 2.05) is 50.2 Å². The zero-order valence-electron chi connectivity index (χ0n) is 35.1. The molecule has 4 rings (SSSR count). The van der Waals surface area contributed by atoms with Gasteiger partial charge < -0.3 is 0 Å². The maximum atomic E-state index is 13.3. The molecule has 0 amide bonds. The Bertz CT molecular complexity index is 1920. The quantitative estimate of drug-likeness (QED) is 0.179. The number of hydrogen-bond acceptors (Lipinski definition) is 4. The Kier molecular flexibility index (Phi) is 16.4. The molecule has 0 N–H and O–H groups in total. The Hall–Kier alpha value is -4.38. The van der Waals surface area contributed by atoms with E-state index in [-0.39, 0.29) is 32.9 Å². The second kappa shape index (κ2) is 20.7. The van der Waals surface area contributed by atoms with E-state index < -0.39 is 0 Å². The van der Waals surface area contributed by atoms with Gasteiger partial charge in [0.1, 0.15) is 0 Å². The Labute approximate surface area is 346 Å². The minimum atomic E-state index is -0.0843. The second-order valence-corrected chi connectivity index (χ2v) is 18.8. The van der Waals surface area contributed by atoms with Crippen LogP contribution < -0.4 is 0 Å². The first-order valence-electron chi connectivity index (χ1n) is 19.6. The standard InChI is InChI=1S/C52H60O2S2/c1-37(23-19-25-39(3)31-33-45-41(5)49(53)47(35-51(45,7)8)55-43-27-13-11-14-28-43)21-17-18-22-38(2)24-20-26-40(4)32-34-46-42(6)50(54)48(36-52(46,9)10)56-44-29-15-12-16-30-44/h11-34,47-48H,35-36H2,1-10H3. The van der Waals surface area contributed by atoms with E-state index in [4.69, 9.17) is 0 Å². The first-order chi connectivity index (χ1) is 26.6. The molecule has 2 aromatic rings. The first kappa shape index (κ1) is 44.3. The van der Waals surface area contributed by atoms with Gasteiger partial charge in [0.05, 0.1) is 10.5 Å². The van der Waals surface area contributed by atoms with Crippen LogP contribution >= 0.6 is 23.5 Å². The number of carbonyl (C=O) groups excluding carboxylic acids is 2. The Balaban J connectivity index is 1.28. The predicted molar refractivity (Wildman–Crippen MR) is 245 cm³/mol. The summed E-state index contributed by atoms with van der Waals surface area (Å²) in [5, 5.41) is -0.111. The largest absolute Gasteiger partial charge is 0.293 e. The molecule has 292 valence electrons. The third-order valence-corrected chi connectivity index (χ3v) is 12.7. The van der Waals surface area contributed by atoms with Gasteiger partial charge in [-0.3, -0.25) is 9.59 Å². The molecule has 0 aliphatic heterocycles. The average Bonchev–Trinajstić information content (AvgIpc) is 3.15. The average molecular weight is 781 g/mol. The lowest BCUT2D eigenvalue weighted by Crippen LogP contribution is -2.34. The van der Waals surface area contributed by atoms with Crippen molar-refractivity contribution in [2.45, 2.75) is 102 Å². The van der Waals surface area contributed by atoms with Crippen LogP contribution in [0.4, 0.5) is 0 Å². The maximum absolute atomic E-state index is 13.3. The number of carbonyl (C=O) groups is 2.